The number of carbonyl (C=O) groups excluding carboxylic acids is 2. The summed E-state index contributed by atoms with van der Waals surface area (Å²) in [7, 11) is 0. The Morgan fingerprint density at radius 3 is 2.72 bits per heavy atom. The molecule has 2 atom stereocenters. The van der Waals surface area contributed by atoms with Gasteiger partial charge in [0.25, 0.3) is 0 Å². The van der Waals surface area contributed by atoms with Gasteiger partial charge in [-0.1, -0.05) is 35.9 Å². The third-order valence-corrected chi connectivity index (χ3v) is 5.12. The van der Waals surface area contributed by atoms with E-state index >= 15 is 0 Å². The average Bonchev–Trinajstić information content (AvgIpc) is 2.80. The predicted octanol–water partition coefficient (Wildman–Crippen LogP) is 3.68. The van der Waals surface area contributed by atoms with Gasteiger partial charge in [-0.3, -0.25) is 9.78 Å². The van der Waals surface area contributed by atoms with Crippen LogP contribution in [0.3, 0.4) is 0 Å². The van der Waals surface area contributed by atoms with Gasteiger partial charge in [-0.25, -0.2) is 4.79 Å². The third kappa shape index (κ3) is 7.28. The van der Waals surface area contributed by atoms with Gasteiger partial charge in [-0.05, 0) is 56.9 Å². The van der Waals surface area contributed by atoms with Crippen molar-refractivity contribution in [1.29, 1.82) is 0 Å². The number of aromatic nitrogens is 1. The monoisotopic (exact) mass is 437 g/mol. The Hall–Kier alpha value is -3.03. The van der Waals surface area contributed by atoms with Crippen LogP contribution in [0.5, 0.6) is 0 Å². The van der Waals surface area contributed by atoms with Gasteiger partial charge in [0.1, 0.15) is 6.04 Å². The molecule has 170 valence electrons. The van der Waals surface area contributed by atoms with E-state index in [1.54, 1.807) is 36.7 Å². The van der Waals surface area contributed by atoms with Crippen LogP contribution in [0.1, 0.15) is 49.0 Å². The van der Waals surface area contributed by atoms with E-state index < -0.39 is 12.0 Å². The first-order chi connectivity index (χ1) is 15.5. The summed E-state index contributed by atoms with van der Waals surface area (Å²) in [6.45, 7) is 5.24. The van der Waals surface area contributed by atoms with Crippen molar-refractivity contribution >= 4 is 11.9 Å². The average molecular weight is 438 g/mol. The SMILES string of the molecule is CC(C)=C[C@@H](COCc1cccnc1)NC(=O)[C@@H]1CCCCN1OC(=O)c1ccccc1. The fourth-order valence-electron chi connectivity index (χ4n) is 3.61. The number of hydrogen-bond acceptors (Lipinski definition) is 6. The summed E-state index contributed by atoms with van der Waals surface area (Å²) in [5.41, 5.74) is 2.51. The number of nitrogens with zero attached hydrogens (tertiary/aromatic N) is 2. The van der Waals surface area contributed by atoms with Gasteiger partial charge in [-0.2, -0.15) is 0 Å². The van der Waals surface area contributed by atoms with E-state index in [-0.39, 0.29) is 11.9 Å². The summed E-state index contributed by atoms with van der Waals surface area (Å²) in [4.78, 5) is 35.3. The van der Waals surface area contributed by atoms with Crippen LogP contribution in [-0.4, -0.2) is 47.2 Å². The maximum absolute atomic E-state index is 13.1. The summed E-state index contributed by atoms with van der Waals surface area (Å²) in [5.74, 6) is -0.621. The third-order valence-electron chi connectivity index (χ3n) is 5.12. The number of benzene rings is 1. The largest absolute Gasteiger partial charge is 0.374 e. The normalized spacial score (nSPS) is 17.2. The number of nitrogens with one attached hydrogen (secondary N) is 1. The molecule has 0 unspecified atom stereocenters. The number of rotatable bonds is 9. The molecule has 0 spiro atoms. The van der Waals surface area contributed by atoms with Crippen molar-refractivity contribution in [3.8, 4) is 0 Å². The Morgan fingerprint density at radius 1 is 1.19 bits per heavy atom. The highest BCUT2D eigenvalue weighted by Gasteiger charge is 2.32. The van der Waals surface area contributed by atoms with Crippen molar-refractivity contribution in [2.24, 2.45) is 0 Å². The van der Waals surface area contributed by atoms with E-state index in [1.165, 1.54) is 5.06 Å². The second kappa shape index (κ2) is 12.1. The molecular weight excluding hydrogens is 406 g/mol. The molecule has 1 amide bonds. The Morgan fingerprint density at radius 2 is 2.00 bits per heavy atom. The number of ether oxygens (including phenoxy) is 1. The van der Waals surface area contributed by atoms with Crippen LogP contribution < -0.4 is 5.32 Å². The van der Waals surface area contributed by atoms with Crippen LogP contribution in [0.15, 0.2) is 66.5 Å². The first kappa shape index (κ1) is 23.6. The number of piperidine rings is 1. The van der Waals surface area contributed by atoms with Crippen LogP contribution in [-0.2, 0) is 21.0 Å². The predicted molar refractivity (Wildman–Crippen MR) is 121 cm³/mol. The molecular formula is C25H31N3O4. The van der Waals surface area contributed by atoms with E-state index in [0.717, 1.165) is 24.0 Å². The fourth-order valence-corrected chi connectivity index (χ4v) is 3.61. The zero-order valence-electron chi connectivity index (χ0n) is 18.7. The molecule has 1 aromatic heterocycles. The molecule has 1 N–H and O–H groups in total. The van der Waals surface area contributed by atoms with Crippen LogP contribution in [0.25, 0.3) is 0 Å². The molecule has 1 aliphatic rings. The van der Waals surface area contributed by atoms with E-state index in [2.05, 4.69) is 10.3 Å². The maximum atomic E-state index is 13.1. The van der Waals surface area contributed by atoms with Gasteiger partial charge in [-0.15, -0.1) is 5.06 Å². The first-order valence-corrected chi connectivity index (χ1v) is 11.0. The molecule has 1 aliphatic heterocycles. The molecule has 3 rings (SSSR count). The molecule has 1 fully saturated rings. The quantitative estimate of drug-likeness (QED) is 0.603. The summed E-state index contributed by atoms with van der Waals surface area (Å²) in [5, 5.41) is 4.58. The highest BCUT2D eigenvalue weighted by Crippen LogP contribution is 2.19. The summed E-state index contributed by atoms with van der Waals surface area (Å²) < 4.78 is 5.82. The Kier molecular flexibility index (Phi) is 8.95. The van der Waals surface area contributed by atoms with Crippen LogP contribution in [0.2, 0.25) is 0 Å². The topological polar surface area (TPSA) is 80.8 Å². The summed E-state index contributed by atoms with van der Waals surface area (Å²) in [6, 6.07) is 11.8. The molecule has 0 aliphatic carbocycles. The van der Waals surface area contributed by atoms with Crippen molar-refractivity contribution < 1.29 is 19.2 Å². The van der Waals surface area contributed by atoms with Crippen molar-refractivity contribution in [1.82, 2.24) is 15.4 Å². The molecule has 2 aromatic rings. The Balaban J connectivity index is 1.59. The highest BCUT2D eigenvalue weighted by molar-refractivity contribution is 5.89. The Bertz CT molecular complexity index is 898. The van der Waals surface area contributed by atoms with Gasteiger partial charge >= 0.3 is 5.97 Å². The number of pyridine rings is 1. The van der Waals surface area contributed by atoms with Crippen molar-refractivity contribution in [2.45, 2.75) is 51.8 Å². The first-order valence-electron chi connectivity index (χ1n) is 11.0. The van der Waals surface area contributed by atoms with Crippen LogP contribution in [0, 0.1) is 0 Å². The molecule has 0 saturated carbocycles. The minimum Gasteiger partial charge on any atom is -0.374 e. The van der Waals surface area contributed by atoms with E-state index in [0.29, 0.717) is 31.7 Å². The number of carbonyl (C=O) groups is 2. The highest BCUT2D eigenvalue weighted by atomic mass is 16.7. The van der Waals surface area contributed by atoms with Gasteiger partial charge in [0.15, 0.2) is 0 Å². The molecule has 2 heterocycles. The van der Waals surface area contributed by atoms with Gasteiger partial charge in [0.05, 0.1) is 24.8 Å². The maximum Gasteiger partial charge on any atom is 0.357 e. The lowest BCUT2D eigenvalue weighted by atomic mass is 10.0. The number of hydroxylamine groups is 2. The summed E-state index contributed by atoms with van der Waals surface area (Å²) >= 11 is 0. The zero-order chi connectivity index (χ0) is 22.8. The van der Waals surface area contributed by atoms with Gasteiger partial charge < -0.3 is 14.9 Å². The number of amides is 1. The molecule has 7 nitrogen and oxygen atoms in total. The fraction of sp³-hybridized carbons (Fsp3) is 0.400. The van der Waals surface area contributed by atoms with Gasteiger partial charge in [0, 0.05) is 18.9 Å². The van der Waals surface area contributed by atoms with Crippen LogP contribution in [0.4, 0.5) is 0 Å². The van der Waals surface area contributed by atoms with Gasteiger partial charge in [0.2, 0.25) is 5.91 Å². The smallest absolute Gasteiger partial charge is 0.357 e. The second-order valence-corrected chi connectivity index (χ2v) is 8.13. The Labute approximate surface area is 189 Å². The standard InChI is InChI=1S/C25H31N3O4/c1-19(2)15-22(18-31-17-20-9-8-13-26-16-20)27-24(29)23-12-6-7-14-28(23)32-25(30)21-10-4-3-5-11-21/h3-5,8-11,13,15-16,22-23H,6-7,12,14,17-18H2,1-2H3,(H,27,29)/t22-,23-/m0/s1. The number of allylic oxidation sites excluding steroid dienone is 1. The minimum absolute atomic E-state index is 0.168. The molecule has 32 heavy (non-hydrogen) atoms. The lowest BCUT2D eigenvalue weighted by Gasteiger charge is -2.33. The van der Waals surface area contributed by atoms with E-state index in [1.807, 2.05) is 38.1 Å². The lowest BCUT2D eigenvalue weighted by Crippen LogP contribution is -2.52. The second-order valence-electron chi connectivity index (χ2n) is 8.13. The molecule has 7 heteroatoms. The molecule has 0 bridgehead atoms. The zero-order valence-corrected chi connectivity index (χ0v) is 18.7. The van der Waals surface area contributed by atoms with E-state index in [4.69, 9.17) is 9.57 Å². The van der Waals surface area contributed by atoms with Crippen molar-refractivity contribution in [2.75, 3.05) is 13.2 Å². The lowest BCUT2D eigenvalue weighted by molar-refractivity contribution is -0.166. The minimum atomic E-state index is -0.525. The molecule has 1 aromatic carbocycles. The van der Waals surface area contributed by atoms with Crippen molar-refractivity contribution in [3.05, 3.63) is 77.6 Å². The molecule has 1 saturated heterocycles. The summed E-state index contributed by atoms with van der Waals surface area (Å²) in [6.07, 6.45) is 7.86. The molecule has 0 radical (unpaired) electrons. The van der Waals surface area contributed by atoms with E-state index in [9.17, 15) is 9.59 Å². The number of hydrogen-bond donors (Lipinski definition) is 1. The van der Waals surface area contributed by atoms with Crippen LogP contribution >= 0.6 is 0 Å². The van der Waals surface area contributed by atoms with Crippen molar-refractivity contribution in [3.63, 3.8) is 0 Å².